The Labute approximate surface area is 122 Å². The SMILES string of the molecule is CCCCCCOc1ccc(C(=O)OC(C)(C)C)cc1. The van der Waals surface area contributed by atoms with Gasteiger partial charge in [0.05, 0.1) is 12.2 Å². The first-order valence-electron chi connectivity index (χ1n) is 7.38. The average Bonchev–Trinajstić information content (AvgIpc) is 2.37. The second kappa shape index (κ2) is 7.93. The summed E-state index contributed by atoms with van der Waals surface area (Å²) in [5, 5.41) is 0. The Morgan fingerprint density at radius 2 is 1.70 bits per heavy atom. The topological polar surface area (TPSA) is 35.5 Å². The molecule has 0 amide bonds. The third kappa shape index (κ3) is 6.60. The maximum atomic E-state index is 11.8. The van der Waals surface area contributed by atoms with Gasteiger partial charge >= 0.3 is 5.97 Å². The van der Waals surface area contributed by atoms with Crippen LogP contribution in [0.4, 0.5) is 0 Å². The molecule has 0 aromatic heterocycles. The van der Waals surface area contributed by atoms with Crippen molar-refractivity contribution in [3.8, 4) is 5.75 Å². The van der Waals surface area contributed by atoms with E-state index in [1.165, 1.54) is 19.3 Å². The van der Waals surface area contributed by atoms with Crippen LogP contribution in [0.25, 0.3) is 0 Å². The molecule has 1 aromatic rings. The summed E-state index contributed by atoms with van der Waals surface area (Å²) in [6.07, 6.45) is 4.75. The average molecular weight is 278 g/mol. The Morgan fingerprint density at radius 1 is 1.05 bits per heavy atom. The quantitative estimate of drug-likeness (QED) is 0.540. The van der Waals surface area contributed by atoms with E-state index in [1.807, 2.05) is 32.9 Å². The van der Waals surface area contributed by atoms with Crippen LogP contribution in [0.15, 0.2) is 24.3 Å². The fourth-order valence-corrected chi connectivity index (χ4v) is 1.74. The molecule has 0 aliphatic heterocycles. The third-order valence-corrected chi connectivity index (χ3v) is 2.76. The lowest BCUT2D eigenvalue weighted by Gasteiger charge is -2.19. The van der Waals surface area contributed by atoms with E-state index in [2.05, 4.69) is 6.92 Å². The van der Waals surface area contributed by atoms with Crippen LogP contribution in [0, 0.1) is 0 Å². The highest BCUT2D eigenvalue weighted by Crippen LogP contribution is 2.16. The van der Waals surface area contributed by atoms with Crippen LogP contribution in [0.5, 0.6) is 5.75 Å². The van der Waals surface area contributed by atoms with Crippen molar-refractivity contribution in [1.29, 1.82) is 0 Å². The zero-order valence-corrected chi connectivity index (χ0v) is 13.1. The molecule has 0 saturated carbocycles. The van der Waals surface area contributed by atoms with Crippen LogP contribution in [0.1, 0.15) is 63.7 Å². The van der Waals surface area contributed by atoms with Gasteiger partial charge in [-0.3, -0.25) is 0 Å². The van der Waals surface area contributed by atoms with Gasteiger partial charge in [-0.1, -0.05) is 26.2 Å². The van der Waals surface area contributed by atoms with Crippen molar-refractivity contribution in [2.24, 2.45) is 0 Å². The Hall–Kier alpha value is -1.51. The molecule has 0 radical (unpaired) electrons. The number of hydrogen-bond acceptors (Lipinski definition) is 3. The first-order valence-corrected chi connectivity index (χ1v) is 7.38. The van der Waals surface area contributed by atoms with E-state index in [0.29, 0.717) is 5.56 Å². The number of hydrogen-bond donors (Lipinski definition) is 0. The summed E-state index contributed by atoms with van der Waals surface area (Å²) in [6, 6.07) is 7.13. The zero-order chi connectivity index (χ0) is 15.0. The van der Waals surface area contributed by atoms with Gasteiger partial charge in [-0.25, -0.2) is 4.79 Å². The first-order chi connectivity index (χ1) is 9.42. The van der Waals surface area contributed by atoms with Crippen LogP contribution in [0.3, 0.4) is 0 Å². The smallest absolute Gasteiger partial charge is 0.338 e. The van der Waals surface area contributed by atoms with Crippen molar-refractivity contribution in [3.05, 3.63) is 29.8 Å². The van der Waals surface area contributed by atoms with Crippen molar-refractivity contribution in [3.63, 3.8) is 0 Å². The second-order valence-corrected chi connectivity index (χ2v) is 5.94. The summed E-state index contributed by atoms with van der Waals surface area (Å²) < 4.78 is 10.9. The van der Waals surface area contributed by atoms with Gasteiger partial charge in [0.25, 0.3) is 0 Å². The van der Waals surface area contributed by atoms with E-state index in [1.54, 1.807) is 12.1 Å². The number of unbranched alkanes of at least 4 members (excludes halogenated alkanes) is 3. The van der Waals surface area contributed by atoms with Crippen LogP contribution in [-0.4, -0.2) is 18.2 Å². The summed E-state index contributed by atoms with van der Waals surface area (Å²) >= 11 is 0. The van der Waals surface area contributed by atoms with Crippen molar-refractivity contribution in [1.82, 2.24) is 0 Å². The van der Waals surface area contributed by atoms with E-state index < -0.39 is 5.60 Å². The molecule has 0 N–H and O–H groups in total. The molecule has 3 heteroatoms. The van der Waals surface area contributed by atoms with E-state index in [4.69, 9.17) is 9.47 Å². The molecule has 0 aliphatic carbocycles. The molecule has 0 bridgehead atoms. The molecule has 20 heavy (non-hydrogen) atoms. The summed E-state index contributed by atoms with van der Waals surface area (Å²) in [5.74, 6) is 0.501. The molecular formula is C17H26O3. The number of rotatable bonds is 7. The summed E-state index contributed by atoms with van der Waals surface area (Å²) in [5.41, 5.74) is 0.0872. The highest BCUT2D eigenvalue weighted by molar-refractivity contribution is 5.89. The van der Waals surface area contributed by atoms with Crippen molar-refractivity contribution in [2.45, 2.75) is 59.0 Å². The van der Waals surface area contributed by atoms with E-state index in [0.717, 1.165) is 18.8 Å². The Bertz CT molecular complexity index is 401. The number of carbonyl (C=O) groups excluding carboxylic acids is 1. The molecule has 0 spiro atoms. The molecule has 0 atom stereocenters. The van der Waals surface area contributed by atoms with Crippen molar-refractivity contribution in [2.75, 3.05) is 6.61 Å². The Morgan fingerprint density at radius 3 is 2.25 bits per heavy atom. The van der Waals surface area contributed by atoms with Gasteiger partial charge in [0.2, 0.25) is 0 Å². The normalized spacial score (nSPS) is 11.2. The summed E-state index contributed by atoms with van der Waals surface area (Å²) in [6.45, 7) is 8.50. The van der Waals surface area contributed by atoms with Crippen LogP contribution < -0.4 is 4.74 Å². The molecule has 0 aliphatic rings. The molecule has 0 heterocycles. The second-order valence-electron chi connectivity index (χ2n) is 5.94. The summed E-state index contributed by atoms with van der Waals surface area (Å²) in [4.78, 5) is 11.8. The number of ether oxygens (including phenoxy) is 2. The van der Waals surface area contributed by atoms with Crippen molar-refractivity contribution < 1.29 is 14.3 Å². The van der Waals surface area contributed by atoms with E-state index in [-0.39, 0.29) is 5.97 Å². The predicted molar refractivity (Wildman–Crippen MR) is 81.2 cm³/mol. The van der Waals surface area contributed by atoms with Crippen LogP contribution >= 0.6 is 0 Å². The highest BCUT2D eigenvalue weighted by Gasteiger charge is 2.17. The largest absolute Gasteiger partial charge is 0.494 e. The minimum atomic E-state index is -0.467. The number of carbonyl (C=O) groups is 1. The molecule has 0 fully saturated rings. The standard InChI is InChI=1S/C17H26O3/c1-5-6-7-8-13-19-15-11-9-14(10-12-15)16(18)20-17(2,3)4/h9-12H,5-8,13H2,1-4H3. The minimum absolute atomic E-state index is 0.299. The third-order valence-electron chi connectivity index (χ3n) is 2.76. The summed E-state index contributed by atoms with van der Waals surface area (Å²) in [7, 11) is 0. The van der Waals surface area contributed by atoms with E-state index >= 15 is 0 Å². The van der Waals surface area contributed by atoms with Crippen LogP contribution in [-0.2, 0) is 4.74 Å². The fourth-order valence-electron chi connectivity index (χ4n) is 1.74. The van der Waals surface area contributed by atoms with Gasteiger partial charge in [0.1, 0.15) is 11.4 Å². The minimum Gasteiger partial charge on any atom is -0.494 e. The van der Waals surface area contributed by atoms with Crippen LogP contribution in [0.2, 0.25) is 0 Å². The molecule has 112 valence electrons. The van der Waals surface area contributed by atoms with Gasteiger partial charge in [-0.05, 0) is 51.5 Å². The first kappa shape index (κ1) is 16.5. The Balaban J connectivity index is 2.42. The highest BCUT2D eigenvalue weighted by atomic mass is 16.6. The molecule has 3 nitrogen and oxygen atoms in total. The Kier molecular flexibility index (Phi) is 6.56. The zero-order valence-electron chi connectivity index (χ0n) is 13.1. The van der Waals surface area contributed by atoms with Gasteiger partial charge in [-0.15, -0.1) is 0 Å². The van der Waals surface area contributed by atoms with Gasteiger partial charge in [-0.2, -0.15) is 0 Å². The predicted octanol–water partition coefficient (Wildman–Crippen LogP) is 4.60. The lowest BCUT2D eigenvalue weighted by Crippen LogP contribution is -2.23. The molecular weight excluding hydrogens is 252 g/mol. The molecule has 0 unspecified atom stereocenters. The van der Waals surface area contributed by atoms with Crippen molar-refractivity contribution >= 4 is 5.97 Å². The molecule has 1 rings (SSSR count). The lowest BCUT2D eigenvalue weighted by atomic mass is 10.1. The lowest BCUT2D eigenvalue weighted by molar-refractivity contribution is 0.00695. The van der Waals surface area contributed by atoms with Gasteiger partial charge < -0.3 is 9.47 Å². The number of esters is 1. The fraction of sp³-hybridized carbons (Fsp3) is 0.588. The maximum Gasteiger partial charge on any atom is 0.338 e. The monoisotopic (exact) mass is 278 g/mol. The number of benzene rings is 1. The molecule has 0 saturated heterocycles. The molecule has 1 aromatic carbocycles. The maximum absolute atomic E-state index is 11.8. The van der Waals surface area contributed by atoms with Gasteiger partial charge in [0, 0.05) is 0 Å². The van der Waals surface area contributed by atoms with Gasteiger partial charge in [0.15, 0.2) is 0 Å². The van der Waals surface area contributed by atoms with E-state index in [9.17, 15) is 4.79 Å².